The highest BCUT2D eigenvalue weighted by atomic mass is 16.6. The summed E-state index contributed by atoms with van der Waals surface area (Å²) in [7, 11) is 0. The highest BCUT2D eigenvalue weighted by Crippen LogP contribution is 2.29. The van der Waals surface area contributed by atoms with Crippen LogP contribution in [0.1, 0.15) is 33.6 Å². The summed E-state index contributed by atoms with van der Waals surface area (Å²) in [6, 6.07) is 3.04. The van der Waals surface area contributed by atoms with Gasteiger partial charge in [0.25, 0.3) is 5.69 Å². The van der Waals surface area contributed by atoms with Gasteiger partial charge < -0.3 is 30.2 Å². The largest absolute Gasteiger partial charge is 0.544 e. The van der Waals surface area contributed by atoms with Gasteiger partial charge in [0.1, 0.15) is 17.5 Å². The third kappa shape index (κ3) is 8.44. The SMILES string of the molecule is CCOc1ccc(NC(=O)C[C@@H]([NH2+]CCC[NH+](CC)CC)C(=O)[O-])c([N+](=O)[O-])c1. The fourth-order valence-corrected chi connectivity index (χ4v) is 2.96. The van der Waals surface area contributed by atoms with E-state index >= 15 is 0 Å². The molecule has 0 bridgehead atoms. The number of carboxylic acid groups (broad SMARTS) is 1. The smallest absolute Gasteiger partial charge is 0.296 e. The Kier molecular flexibility index (Phi) is 10.6. The number of hydrogen-bond acceptors (Lipinski definition) is 6. The van der Waals surface area contributed by atoms with Gasteiger partial charge in [0.2, 0.25) is 5.91 Å². The van der Waals surface area contributed by atoms with Gasteiger partial charge >= 0.3 is 0 Å². The van der Waals surface area contributed by atoms with Gasteiger partial charge in [-0.2, -0.15) is 0 Å². The Morgan fingerprint density at radius 1 is 1.28 bits per heavy atom. The highest BCUT2D eigenvalue weighted by molar-refractivity contribution is 5.95. The summed E-state index contributed by atoms with van der Waals surface area (Å²) in [6.45, 7) is 9.77. The van der Waals surface area contributed by atoms with Gasteiger partial charge in [-0.05, 0) is 32.9 Å². The Labute approximate surface area is 170 Å². The lowest BCUT2D eigenvalue weighted by Crippen LogP contribution is -3.11. The highest BCUT2D eigenvalue weighted by Gasteiger charge is 2.22. The molecule has 10 nitrogen and oxygen atoms in total. The third-order valence-corrected chi connectivity index (χ3v) is 4.64. The van der Waals surface area contributed by atoms with Crippen LogP contribution in [-0.4, -0.2) is 55.6 Å². The maximum absolute atomic E-state index is 12.3. The summed E-state index contributed by atoms with van der Waals surface area (Å²) >= 11 is 0. The Balaban J connectivity index is 2.67. The molecule has 10 heteroatoms. The van der Waals surface area contributed by atoms with Crippen molar-refractivity contribution in [3.63, 3.8) is 0 Å². The fourth-order valence-electron chi connectivity index (χ4n) is 2.96. The zero-order valence-corrected chi connectivity index (χ0v) is 17.2. The molecule has 1 aromatic carbocycles. The van der Waals surface area contributed by atoms with Crippen LogP contribution in [0.2, 0.25) is 0 Å². The first kappa shape index (κ1) is 24.3. The van der Waals surface area contributed by atoms with Crippen LogP contribution in [0.15, 0.2) is 18.2 Å². The molecule has 1 amide bonds. The molecular formula is C19H31N4O6+. The minimum absolute atomic E-state index is 0.00863. The summed E-state index contributed by atoms with van der Waals surface area (Å²) < 4.78 is 5.23. The number of nitrogens with one attached hydrogen (secondary N) is 2. The van der Waals surface area contributed by atoms with Crippen molar-refractivity contribution in [3.8, 4) is 5.75 Å². The van der Waals surface area contributed by atoms with Gasteiger partial charge in [0, 0.05) is 6.42 Å². The second-order valence-corrected chi connectivity index (χ2v) is 6.63. The molecule has 162 valence electrons. The molecule has 1 aromatic rings. The van der Waals surface area contributed by atoms with E-state index in [1.807, 2.05) is 0 Å². The van der Waals surface area contributed by atoms with Crippen molar-refractivity contribution < 1.29 is 34.6 Å². The van der Waals surface area contributed by atoms with Crippen LogP contribution in [0.4, 0.5) is 11.4 Å². The molecule has 0 saturated heterocycles. The van der Waals surface area contributed by atoms with Gasteiger partial charge in [-0.1, -0.05) is 0 Å². The molecule has 0 fully saturated rings. The number of carboxylic acids is 1. The van der Waals surface area contributed by atoms with E-state index in [0.29, 0.717) is 18.9 Å². The Morgan fingerprint density at radius 2 is 1.97 bits per heavy atom. The van der Waals surface area contributed by atoms with Crippen LogP contribution in [0.3, 0.4) is 0 Å². The fraction of sp³-hybridized carbons (Fsp3) is 0.579. The lowest BCUT2D eigenvalue weighted by Gasteiger charge is -2.18. The maximum Gasteiger partial charge on any atom is 0.296 e. The summed E-state index contributed by atoms with van der Waals surface area (Å²) in [5.41, 5.74) is -0.328. The molecule has 0 aliphatic heterocycles. The maximum atomic E-state index is 12.3. The zero-order chi connectivity index (χ0) is 21.8. The van der Waals surface area contributed by atoms with E-state index in [-0.39, 0.29) is 17.8 Å². The van der Waals surface area contributed by atoms with E-state index in [2.05, 4.69) is 19.2 Å². The summed E-state index contributed by atoms with van der Waals surface area (Å²) in [6.07, 6.45) is 0.470. The van der Waals surface area contributed by atoms with Gasteiger partial charge in [0.05, 0.1) is 56.2 Å². The minimum atomic E-state index is -1.34. The number of nitro groups is 1. The summed E-state index contributed by atoms with van der Waals surface area (Å²) in [5.74, 6) is -1.65. The van der Waals surface area contributed by atoms with Gasteiger partial charge in [-0.25, -0.2) is 0 Å². The van der Waals surface area contributed by atoms with E-state index in [9.17, 15) is 24.8 Å². The van der Waals surface area contributed by atoms with Crippen LogP contribution in [-0.2, 0) is 9.59 Å². The van der Waals surface area contributed by atoms with Crippen molar-refractivity contribution in [2.24, 2.45) is 0 Å². The third-order valence-electron chi connectivity index (χ3n) is 4.64. The summed E-state index contributed by atoms with van der Waals surface area (Å²) in [4.78, 5) is 35.7. The second kappa shape index (κ2) is 12.7. The molecule has 0 heterocycles. The Morgan fingerprint density at radius 3 is 2.52 bits per heavy atom. The molecule has 0 spiro atoms. The topological polar surface area (TPSA) is 143 Å². The van der Waals surface area contributed by atoms with E-state index in [0.717, 1.165) is 26.1 Å². The number of quaternary nitrogens is 2. The lowest BCUT2D eigenvalue weighted by atomic mass is 10.1. The first-order valence-electron chi connectivity index (χ1n) is 9.91. The van der Waals surface area contributed by atoms with Gasteiger partial charge in [0.15, 0.2) is 0 Å². The van der Waals surface area contributed by atoms with Gasteiger partial charge in [-0.3, -0.25) is 14.9 Å². The normalized spacial score (nSPS) is 11.9. The van der Waals surface area contributed by atoms with Gasteiger partial charge in [-0.15, -0.1) is 0 Å². The number of aliphatic carboxylic acids is 1. The molecule has 1 rings (SSSR count). The molecule has 4 N–H and O–H groups in total. The number of hydrogen-bond donors (Lipinski definition) is 3. The van der Waals surface area contributed by atoms with Crippen molar-refractivity contribution >= 4 is 23.3 Å². The first-order valence-corrected chi connectivity index (χ1v) is 9.91. The molecular weight excluding hydrogens is 380 g/mol. The number of ether oxygens (including phenoxy) is 1. The number of amides is 1. The van der Waals surface area contributed by atoms with Crippen molar-refractivity contribution in [1.29, 1.82) is 0 Å². The molecule has 0 radical (unpaired) electrons. The number of nitrogens with two attached hydrogens (primary N) is 1. The molecule has 1 atom stereocenters. The van der Waals surface area contributed by atoms with Crippen molar-refractivity contribution in [2.45, 2.75) is 39.7 Å². The van der Waals surface area contributed by atoms with Crippen LogP contribution < -0.4 is 25.4 Å². The molecule has 0 aliphatic rings. The predicted molar refractivity (Wildman–Crippen MR) is 105 cm³/mol. The summed E-state index contributed by atoms with van der Waals surface area (Å²) in [5, 5.41) is 26.6. The number of anilines is 1. The van der Waals surface area contributed by atoms with Crippen LogP contribution in [0.5, 0.6) is 5.75 Å². The monoisotopic (exact) mass is 411 g/mol. The molecule has 29 heavy (non-hydrogen) atoms. The number of carbonyl (C=O) groups excluding carboxylic acids is 2. The number of benzene rings is 1. The number of rotatable bonds is 14. The molecule has 0 aliphatic carbocycles. The lowest BCUT2D eigenvalue weighted by molar-refractivity contribution is -0.898. The number of carbonyl (C=O) groups is 2. The molecule has 0 saturated carbocycles. The Bertz CT molecular complexity index is 693. The van der Waals surface area contributed by atoms with Crippen LogP contribution in [0.25, 0.3) is 0 Å². The second-order valence-electron chi connectivity index (χ2n) is 6.63. The van der Waals surface area contributed by atoms with Crippen LogP contribution in [0, 0.1) is 10.1 Å². The minimum Gasteiger partial charge on any atom is -0.544 e. The average Bonchev–Trinajstić information content (AvgIpc) is 2.68. The van der Waals surface area contributed by atoms with Crippen molar-refractivity contribution in [3.05, 3.63) is 28.3 Å². The Hall–Kier alpha value is -2.72. The predicted octanol–water partition coefficient (Wildman–Crippen LogP) is -1.68. The molecule has 0 aromatic heterocycles. The average molecular weight is 411 g/mol. The van der Waals surface area contributed by atoms with Crippen molar-refractivity contribution in [1.82, 2.24) is 0 Å². The van der Waals surface area contributed by atoms with Crippen molar-refractivity contribution in [2.75, 3.05) is 38.1 Å². The number of nitro benzene ring substituents is 1. The van der Waals surface area contributed by atoms with E-state index in [1.165, 1.54) is 23.1 Å². The number of nitrogens with zero attached hydrogens (tertiary/aromatic N) is 1. The first-order chi connectivity index (χ1) is 13.8. The standard InChI is InChI=1S/C19H30N4O6/c1-4-22(5-2)11-7-10-20-16(19(25)26)13-18(24)21-15-9-8-14(29-6-3)12-17(15)23(27)28/h8-9,12,16,20H,4-7,10-11,13H2,1-3H3,(H,21,24)(H,25,26)/p+1/t16-/m1/s1. The van der Waals surface area contributed by atoms with Crippen LogP contribution >= 0.6 is 0 Å². The van der Waals surface area contributed by atoms with E-state index in [1.54, 1.807) is 12.2 Å². The zero-order valence-electron chi connectivity index (χ0n) is 17.2. The quantitative estimate of drug-likeness (QED) is 0.190. The van der Waals surface area contributed by atoms with E-state index < -0.39 is 22.8 Å². The molecule has 0 unspecified atom stereocenters. The van der Waals surface area contributed by atoms with E-state index in [4.69, 9.17) is 4.74 Å².